The summed E-state index contributed by atoms with van der Waals surface area (Å²) in [4.78, 5) is 26.7. The summed E-state index contributed by atoms with van der Waals surface area (Å²) >= 11 is 0. The molecule has 0 atom stereocenters. The Labute approximate surface area is 147 Å². The van der Waals surface area contributed by atoms with Crippen LogP contribution in [0.3, 0.4) is 0 Å². The molecule has 0 heterocycles. The summed E-state index contributed by atoms with van der Waals surface area (Å²) in [7, 11) is 0. The first-order chi connectivity index (χ1) is 12.6. The Balaban J connectivity index is 2.71. The number of benzene rings is 2. The number of carbonyl (C=O) groups excluding carboxylic acids is 2. The van der Waals surface area contributed by atoms with Crippen molar-refractivity contribution in [2.24, 2.45) is 9.98 Å². The van der Waals surface area contributed by atoms with E-state index in [9.17, 15) is 31.5 Å². The molecule has 0 amide bonds. The summed E-state index contributed by atoms with van der Waals surface area (Å²) in [6, 6.07) is 6.22. The number of rotatable bonds is 5. The highest BCUT2D eigenvalue weighted by Crippen LogP contribution is 2.54. The van der Waals surface area contributed by atoms with Crippen LogP contribution in [0.1, 0.15) is 11.1 Å². The highest BCUT2D eigenvalue weighted by Gasteiger charge is 2.72. The molecule has 10 heteroatoms. The van der Waals surface area contributed by atoms with Gasteiger partial charge in [0.1, 0.15) is 0 Å². The minimum atomic E-state index is -6.21. The van der Waals surface area contributed by atoms with E-state index in [-0.39, 0.29) is 11.4 Å². The first-order valence-corrected chi connectivity index (χ1v) is 7.08. The molecule has 0 unspecified atom stereocenters. The highest BCUT2D eigenvalue weighted by atomic mass is 19.4. The van der Waals surface area contributed by atoms with Gasteiger partial charge >= 0.3 is 12.1 Å². The number of hydrogen-bond donors (Lipinski definition) is 0. The molecule has 4 nitrogen and oxygen atoms in total. The van der Waals surface area contributed by atoms with Gasteiger partial charge < -0.3 is 0 Å². The number of halogens is 6. The second kappa shape index (κ2) is 7.19. The third-order valence-electron chi connectivity index (χ3n) is 3.67. The molecule has 0 spiro atoms. The third kappa shape index (κ3) is 3.53. The van der Waals surface area contributed by atoms with Gasteiger partial charge in [0.15, 0.2) is 0 Å². The second-order valence-corrected chi connectivity index (χ2v) is 5.23. The summed E-state index contributed by atoms with van der Waals surface area (Å²) < 4.78 is 82.7. The van der Waals surface area contributed by atoms with Crippen molar-refractivity contribution in [2.75, 3.05) is 0 Å². The van der Waals surface area contributed by atoms with Crippen LogP contribution in [0, 0.1) is 0 Å². The van der Waals surface area contributed by atoms with Gasteiger partial charge in [0, 0.05) is 11.1 Å². The number of nitrogens with zero attached hydrogens (tertiary/aromatic N) is 2. The molecule has 2 aromatic rings. The highest BCUT2D eigenvalue weighted by molar-refractivity contribution is 5.53. The van der Waals surface area contributed by atoms with E-state index in [1.54, 1.807) is 0 Å². The van der Waals surface area contributed by atoms with Crippen molar-refractivity contribution in [3.63, 3.8) is 0 Å². The maximum Gasteiger partial charge on any atom is 0.457 e. The smallest absolute Gasteiger partial charge is 0.226 e. The Bertz CT molecular complexity index is 848. The molecule has 0 aromatic heterocycles. The molecule has 27 heavy (non-hydrogen) atoms. The molecule has 0 saturated carbocycles. The Hall–Kier alpha value is -3.22. The van der Waals surface area contributed by atoms with E-state index in [1.807, 2.05) is 0 Å². The van der Waals surface area contributed by atoms with E-state index in [0.717, 1.165) is 36.4 Å². The molecule has 0 radical (unpaired) electrons. The van der Waals surface area contributed by atoms with Crippen LogP contribution in [-0.4, -0.2) is 24.3 Å². The van der Waals surface area contributed by atoms with Crippen LogP contribution in [0.2, 0.25) is 0 Å². The maximum absolute atomic E-state index is 15.5. The van der Waals surface area contributed by atoms with Gasteiger partial charge in [-0.25, -0.2) is 14.0 Å². The van der Waals surface area contributed by atoms with Gasteiger partial charge in [-0.15, -0.1) is 0 Å². The zero-order valence-electron chi connectivity index (χ0n) is 13.1. The van der Waals surface area contributed by atoms with Crippen LogP contribution in [0.25, 0.3) is 0 Å². The Morgan fingerprint density at radius 3 is 1.22 bits per heavy atom. The lowest BCUT2D eigenvalue weighted by atomic mass is 9.82. The van der Waals surface area contributed by atoms with Gasteiger partial charge in [-0.05, 0) is 24.3 Å². The fourth-order valence-electron chi connectivity index (χ4n) is 2.36. The van der Waals surface area contributed by atoms with E-state index in [2.05, 4.69) is 9.98 Å². The largest absolute Gasteiger partial charge is 0.457 e. The normalized spacial score (nSPS) is 13.9. The Morgan fingerprint density at radius 1 is 0.630 bits per heavy atom. The molecule has 0 N–H and O–H groups in total. The predicted molar refractivity (Wildman–Crippen MR) is 81.3 cm³/mol. The Kier molecular flexibility index (Phi) is 5.35. The van der Waals surface area contributed by atoms with Gasteiger partial charge in [0.25, 0.3) is 0 Å². The van der Waals surface area contributed by atoms with E-state index >= 15 is 4.39 Å². The number of aliphatic imine (C=N–C) groups is 2. The fraction of sp³-hybridized carbons (Fsp3) is 0.176. The van der Waals surface area contributed by atoms with Gasteiger partial charge in [-0.1, -0.05) is 24.3 Å². The SMILES string of the molecule is O=C=Nc1ccc(C(F)(c2ccc(N=C=O)cc2)C(F)(F)C(F)(F)F)cc1. The van der Waals surface area contributed by atoms with E-state index < -0.39 is 28.9 Å². The molecule has 0 aliphatic carbocycles. The zero-order valence-corrected chi connectivity index (χ0v) is 13.1. The van der Waals surface area contributed by atoms with Crippen molar-refractivity contribution in [1.29, 1.82) is 0 Å². The van der Waals surface area contributed by atoms with Crippen LogP contribution >= 0.6 is 0 Å². The predicted octanol–water partition coefficient (Wildman–Crippen LogP) is 5.03. The molecule has 0 aliphatic heterocycles. The van der Waals surface area contributed by atoms with Gasteiger partial charge in [0.2, 0.25) is 17.8 Å². The van der Waals surface area contributed by atoms with Crippen molar-refractivity contribution in [3.05, 3.63) is 59.7 Å². The fourth-order valence-corrected chi connectivity index (χ4v) is 2.36. The zero-order chi connectivity index (χ0) is 20.3. The first-order valence-electron chi connectivity index (χ1n) is 7.08. The summed E-state index contributed by atoms with van der Waals surface area (Å²) in [6.45, 7) is 0. The Morgan fingerprint density at radius 2 is 0.963 bits per heavy atom. The quantitative estimate of drug-likeness (QED) is 0.411. The standard InChI is InChI=1S/C17H8F6N2O2/c18-15(16(19,20)17(21,22)23,11-1-5-13(6-2-11)24-9-26)12-3-7-14(8-4-12)25-10-27/h1-8H. The molecule has 0 aliphatic rings. The summed E-state index contributed by atoms with van der Waals surface area (Å²) in [6.07, 6.45) is -3.89. The third-order valence-corrected chi connectivity index (χ3v) is 3.67. The summed E-state index contributed by atoms with van der Waals surface area (Å²) in [5.41, 5.74) is -6.54. The van der Waals surface area contributed by atoms with Gasteiger partial charge in [-0.2, -0.15) is 31.9 Å². The number of alkyl halides is 6. The average Bonchev–Trinajstić information content (AvgIpc) is 2.62. The van der Waals surface area contributed by atoms with Crippen LogP contribution in [0.4, 0.5) is 37.7 Å². The minimum Gasteiger partial charge on any atom is -0.226 e. The second-order valence-electron chi connectivity index (χ2n) is 5.23. The minimum absolute atomic E-state index is 0.109. The lowest BCUT2D eigenvalue weighted by molar-refractivity contribution is -0.323. The molecule has 2 aromatic carbocycles. The van der Waals surface area contributed by atoms with Crippen molar-refractivity contribution >= 4 is 23.5 Å². The molecule has 0 fully saturated rings. The van der Waals surface area contributed by atoms with Gasteiger partial charge in [-0.3, -0.25) is 0 Å². The molecule has 0 saturated heterocycles. The monoisotopic (exact) mass is 386 g/mol. The van der Waals surface area contributed by atoms with E-state index in [1.165, 1.54) is 0 Å². The summed E-state index contributed by atoms with van der Waals surface area (Å²) in [5, 5.41) is 0. The van der Waals surface area contributed by atoms with Crippen LogP contribution in [0.15, 0.2) is 58.5 Å². The van der Waals surface area contributed by atoms with Crippen molar-refractivity contribution in [3.8, 4) is 0 Å². The lowest BCUT2D eigenvalue weighted by Crippen LogP contribution is -2.53. The van der Waals surface area contributed by atoms with Crippen molar-refractivity contribution < 1.29 is 35.9 Å². The average molecular weight is 386 g/mol. The molecular formula is C17H8F6N2O2. The van der Waals surface area contributed by atoms with Crippen LogP contribution < -0.4 is 0 Å². The topological polar surface area (TPSA) is 58.9 Å². The molecule has 140 valence electrons. The van der Waals surface area contributed by atoms with Crippen LogP contribution in [-0.2, 0) is 15.3 Å². The van der Waals surface area contributed by atoms with E-state index in [0.29, 0.717) is 24.3 Å². The summed E-state index contributed by atoms with van der Waals surface area (Å²) in [5.74, 6) is -5.80. The molecular weight excluding hydrogens is 378 g/mol. The molecule has 0 bridgehead atoms. The lowest BCUT2D eigenvalue weighted by Gasteiger charge is -2.35. The van der Waals surface area contributed by atoms with Crippen molar-refractivity contribution in [1.82, 2.24) is 0 Å². The van der Waals surface area contributed by atoms with Crippen molar-refractivity contribution in [2.45, 2.75) is 17.8 Å². The van der Waals surface area contributed by atoms with E-state index in [4.69, 9.17) is 0 Å². The number of hydrogen-bond acceptors (Lipinski definition) is 4. The first kappa shape index (κ1) is 20.1. The van der Waals surface area contributed by atoms with Crippen LogP contribution in [0.5, 0.6) is 0 Å². The van der Waals surface area contributed by atoms with Gasteiger partial charge in [0.05, 0.1) is 11.4 Å². The maximum atomic E-state index is 15.5. The molecule has 2 rings (SSSR count). The number of isocyanates is 2.